The summed E-state index contributed by atoms with van der Waals surface area (Å²) in [4.78, 5) is 21.3. The molecule has 1 aromatic rings. The minimum atomic E-state index is -0.206. The number of rotatable bonds is 9. The number of likely N-dealkylation sites (tertiary alicyclic amines) is 2. The number of furan rings is 1. The Morgan fingerprint density at radius 3 is 2.73 bits per heavy atom. The lowest BCUT2D eigenvalue weighted by atomic mass is 10.1. The molecule has 2 aliphatic rings. The molecule has 1 atom stereocenters. The summed E-state index contributed by atoms with van der Waals surface area (Å²) in [6.07, 6.45) is 6.58. The number of halogens is 1. The van der Waals surface area contributed by atoms with Crippen LogP contribution in [0.15, 0.2) is 27.8 Å². The molecule has 0 aromatic carbocycles. The van der Waals surface area contributed by atoms with E-state index in [0.717, 1.165) is 50.6 Å². The number of hydrogen-bond acceptors (Lipinski definition) is 5. The molecule has 2 N–H and O–H groups in total. The molecule has 0 saturated carbocycles. The van der Waals surface area contributed by atoms with Gasteiger partial charge in [0.15, 0.2) is 5.96 Å². The van der Waals surface area contributed by atoms with Gasteiger partial charge in [-0.25, -0.2) is 4.79 Å². The Morgan fingerprint density at radius 2 is 2.06 bits per heavy atom. The average Bonchev–Trinajstić information content (AvgIpc) is 3.44. The normalized spacial score (nSPS) is 20.1. The van der Waals surface area contributed by atoms with E-state index < -0.39 is 0 Å². The Bertz CT molecular complexity index is 705. The summed E-state index contributed by atoms with van der Waals surface area (Å²) in [5.74, 6) is 2.51. The Labute approximate surface area is 215 Å². The van der Waals surface area contributed by atoms with E-state index in [0.29, 0.717) is 37.7 Å². The molecule has 33 heavy (non-hydrogen) atoms. The van der Waals surface area contributed by atoms with Crippen LogP contribution in [0.5, 0.6) is 0 Å². The van der Waals surface area contributed by atoms with E-state index in [9.17, 15) is 4.79 Å². The highest BCUT2D eigenvalue weighted by Crippen LogP contribution is 2.19. The quantitative estimate of drug-likeness (QED) is 0.266. The van der Waals surface area contributed by atoms with Crippen LogP contribution >= 0.6 is 24.0 Å². The van der Waals surface area contributed by atoms with E-state index >= 15 is 0 Å². The molecule has 8 nitrogen and oxygen atoms in total. The van der Waals surface area contributed by atoms with Crippen molar-refractivity contribution in [2.24, 2.45) is 10.9 Å². The van der Waals surface area contributed by atoms with Gasteiger partial charge in [-0.05, 0) is 57.2 Å². The maximum Gasteiger partial charge on any atom is 0.409 e. The van der Waals surface area contributed by atoms with Gasteiger partial charge >= 0.3 is 6.09 Å². The van der Waals surface area contributed by atoms with Gasteiger partial charge in [-0.2, -0.15) is 0 Å². The lowest BCUT2D eigenvalue weighted by Gasteiger charge is -2.32. The second-order valence-electron chi connectivity index (χ2n) is 9.23. The van der Waals surface area contributed by atoms with Gasteiger partial charge in [0.2, 0.25) is 0 Å². The number of piperidine rings is 1. The zero-order valence-corrected chi connectivity index (χ0v) is 22.8. The van der Waals surface area contributed by atoms with Crippen molar-refractivity contribution in [1.82, 2.24) is 20.4 Å². The number of nitrogens with zero attached hydrogens (tertiary/aromatic N) is 3. The van der Waals surface area contributed by atoms with Gasteiger partial charge in [0.05, 0.1) is 19.4 Å². The monoisotopic (exact) mass is 575 g/mol. The van der Waals surface area contributed by atoms with Crippen molar-refractivity contribution >= 4 is 36.0 Å². The van der Waals surface area contributed by atoms with Crippen molar-refractivity contribution in [2.45, 2.75) is 65.0 Å². The third kappa shape index (κ3) is 9.35. The number of carbonyl (C=O) groups excluding carboxylic acids is 1. The molecule has 0 unspecified atom stereocenters. The van der Waals surface area contributed by atoms with Crippen molar-refractivity contribution in [3.8, 4) is 0 Å². The van der Waals surface area contributed by atoms with Crippen molar-refractivity contribution in [3.63, 3.8) is 0 Å². The molecule has 3 heterocycles. The minimum Gasteiger partial charge on any atom is -0.469 e. The van der Waals surface area contributed by atoms with Crippen LogP contribution in [0.3, 0.4) is 0 Å². The van der Waals surface area contributed by atoms with E-state index in [-0.39, 0.29) is 30.1 Å². The molecule has 2 saturated heterocycles. The molecule has 0 radical (unpaired) electrons. The van der Waals surface area contributed by atoms with E-state index in [1.807, 2.05) is 19.1 Å². The van der Waals surface area contributed by atoms with Gasteiger partial charge in [0.25, 0.3) is 0 Å². The van der Waals surface area contributed by atoms with E-state index in [1.165, 1.54) is 19.4 Å². The Morgan fingerprint density at radius 1 is 1.27 bits per heavy atom. The average molecular weight is 576 g/mol. The topological polar surface area (TPSA) is 82.3 Å². The Hall–Kier alpha value is -1.49. The van der Waals surface area contributed by atoms with Gasteiger partial charge in [-0.3, -0.25) is 9.89 Å². The SMILES string of the molecule is CCOC(=O)N1CCC(NC(=NC[C@H]2CCCN2CC(C)C)NCCc2ccco2)CC1.I. The fourth-order valence-corrected chi connectivity index (χ4v) is 4.53. The lowest BCUT2D eigenvalue weighted by Crippen LogP contribution is -2.50. The Balaban J connectivity index is 0.00000385. The fourth-order valence-electron chi connectivity index (χ4n) is 4.53. The highest BCUT2D eigenvalue weighted by molar-refractivity contribution is 14.0. The maximum absolute atomic E-state index is 12.0. The largest absolute Gasteiger partial charge is 0.469 e. The van der Waals surface area contributed by atoms with Crippen LogP contribution in [0.25, 0.3) is 0 Å². The Kier molecular flexibility index (Phi) is 12.4. The van der Waals surface area contributed by atoms with E-state index in [1.54, 1.807) is 11.2 Å². The molecular formula is C24H42IN5O3. The van der Waals surface area contributed by atoms with Crippen molar-refractivity contribution in [1.29, 1.82) is 0 Å². The molecule has 0 bridgehead atoms. The van der Waals surface area contributed by atoms with Crippen LogP contribution in [0, 0.1) is 5.92 Å². The number of amides is 1. The highest BCUT2D eigenvalue weighted by Gasteiger charge is 2.26. The first-order valence-electron chi connectivity index (χ1n) is 12.3. The van der Waals surface area contributed by atoms with Crippen LogP contribution in [-0.4, -0.2) is 79.8 Å². The molecule has 2 fully saturated rings. The first-order chi connectivity index (χ1) is 15.5. The molecule has 9 heteroatoms. The van der Waals surface area contributed by atoms with Crippen molar-refractivity contribution in [3.05, 3.63) is 24.2 Å². The van der Waals surface area contributed by atoms with Gasteiger partial charge < -0.3 is 24.7 Å². The van der Waals surface area contributed by atoms with Gasteiger partial charge in [-0.15, -0.1) is 24.0 Å². The maximum atomic E-state index is 12.0. The molecule has 2 aliphatic heterocycles. The highest BCUT2D eigenvalue weighted by atomic mass is 127. The summed E-state index contributed by atoms with van der Waals surface area (Å²) < 4.78 is 10.6. The molecule has 0 spiro atoms. The minimum absolute atomic E-state index is 0. The fraction of sp³-hybridized carbons (Fsp3) is 0.750. The molecule has 188 valence electrons. The molecule has 1 aromatic heterocycles. The number of aliphatic imine (C=N–C) groups is 1. The summed E-state index contributed by atoms with van der Waals surface area (Å²) >= 11 is 0. The smallest absolute Gasteiger partial charge is 0.409 e. The lowest BCUT2D eigenvalue weighted by molar-refractivity contribution is 0.0963. The summed E-state index contributed by atoms with van der Waals surface area (Å²) in [5, 5.41) is 7.11. The number of carbonyl (C=O) groups is 1. The summed E-state index contributed by atoms with van der Waals surface area (Å²) in [7, 11) is 0. The van der Waals surface area contributed by atoms with Gasteiger partial charge in [0.1, 0.15) is 5.76 Å². The van der Waals surface area contributed by atoms with Crippen molar-refractivity contribution in [2.75, 3.05) is 45.9 Å². The molecule has 3 rings (SSSR count). The van der Waals surface area contributed by atoms with Crippen LogP contribution in [0.2, 0.25) is 0 Å². The summed E-state index contributed by atoms with van der Waals surface area (Å²) in [6, 6.07) is 4.74. The van der Waals surface area contributed by atoms with E-state index in [2.05, 4.69) is 29.4 Å². The zero-order chi connectivity index (χ0) is 22.8. The standard InChI is InChI=1S/C24H41N5O3.HI/c1-4-31-24(30)28-14-10-20(11-15-28)27-23(25-12-9-22-8-6-16-32-22)26-17-21-7-5-13-29(21)18-19(2)3;/h6,8,16,19-21H,4-5,7,9-15,17-18H2,1-3H3,(H2,25,26,27);1H/t21-;/m1./s1. The van der Waals surface area contributed by atoms with Gasteiger partial charge in [-0.1, -0.05) is 13.8 Å². The molecule has 1 amide bonds. The predicted molar refractivity (Wildman–Crippen MR) is 142 cm³/mol. The van der Waals surface area contributed by atoms with Crippen LogP contribution < -0.4 is 10.6 Å². The van der Waals surface area contributed by atoms with E-state index in [4.69, 9.17) is 14.1 Å². The van der Waals surface area contributed by atoms with Crippen LogP contribution in [-0.2, 0) is 11.2 Å². The zero-order valence-electron chi connectivity index (χ0n) is 20.4. The number of guanidine groups is 1. The van der Waals surface area contributed by atoms with Gasteiger partial charge in [0, 0.05) is 44.7 Å². The predicted octanol–water partition coefficient (Wildman–Crippen LogP) is 3.72. The summed E-state index contributed by atoms with van der Waals surface area (Å²) in [6.45, 7) is 12.1. The second kappa shape index (κ2) is 14.7. The second-order valence-corrected chi connectivity index (χ2v) is 9.23. The first kappa shape index (κ1) is 27.8. The van der Waals surface area contributed by atoms with Crippen molar-refractivity contribution < 1.29 is 13.9 Å². The number of nitrogens with one attached hydrogen (secondary N) is 2. The van der Waals surface area contributed by atoms with Crippen LogP contribution in [0.4, 0.5) is 4.79 Å². The third-order valence-electron chi connectivity index (χ3n) is 6.16. The molecular weight excluding hydrogens is 533 g/mol. The molecule has 0 aliphatic carbocycles. The first-order valence-corrected chi connectivity index (χ1v) is 12.3. The number of ether oxygens (including phenoxy) is 1. The third-order valence-corrected chi connectivity index (χ3v) is 6.16. The summed E-state index contributed by atoms with van der Waals surface area (Å²) in [5.41, 5.74) is 0. The van der Waals surface area contributed by atoms with Crippen LogP contribution in [0.1, 0.15) is 52.2 Å². The number of hydrogen-bond donors (Lipinski definition) is 2.